The van der Waals surface area contributed by atoms with Crippen molar-refractivity contribution in [1.82, 2.24) is 20.7 Å². The zero-order chi connectivity index (χ0) is 24.4. The summed E-state index contributed by atoms with van der Waals surface area (Å²) in [4.78, 5) is 26.0. The van der Waals surface area contributed by atoms with E-state index >= 15 is 0 Å². The molecule has 1 amide bonds. The molecule has 6 N–H and O–H groups in total. The Balaban J connectivity index is 1.58. The summed E-state index contributed by atoms with van der Waals surface area (Å²) in [6.07, 6.45) is 5.18. The first-order valence-electron chi connectivity index (χ1n) is 11.2. The molecule has 1 atom stereocenters. The summed E-state index contributed by atoms with van der Waals surface area (Å²) in [5.74, 6) is -0.193. The maximum absolute atomic E-state index is 12.4. The highest BCUT2D eigenvalue weighted by atomic mass is 16.5. The molecule has 0 spiro atoms. The molecule has 178 valence electrons. The van der Waals surface area contributed by atoms with Gasteiger partial charge in [-0.2, -0.15) is 0 Å². The molecule has 0 saturated carbocycles. The number of fused-ring (bicyclic) bond motifs is 1. The van der Waals surface area contributed by atoms with Crippen LogP contribution in [0.25, 0.3) is 22.5 Å². The van der Waals surface area contributed by atoms with Gasteiger partial charge in [-0.1, -0.05) is 12.1 Å². The number of nitrogens with zero attached hydrogens (tertiary/aromatic N) is 3. The van der Waals surface area contributed by atoms with Gasteiger partial charge in [-0.15, -0.1) is 0 Å². The molecule has 0 radical (unpaired) electrons. The molecule has 0 aliphatic carbocycles. The SMILES string of the molecule is CNc1c(-c2c(C)ccc3c2CNN3)cc(-c2cccc(OCC3N=CC=CN3)n2)nc1C(N)=O. The summed E-state index contributed by atoms with van der Waals surface area (Å²) in [5.41, 5.74) is 18.9. The molecule has 35 heavy (non-hydrogen) atoms. The van der Waals surface area contributed by atoms with Gasteiger partial charge >= 0.3 is 0 Å². The highest BCUT2D eigenvalue weighted by Gasteiger charge is 2.24. The van der Waals surface area contributed by atoms with Crippen molar-refractivity contribution in [2.24, 2.45) is 10.7 Å². The van der Waals surface area contributed by atoms with E-state index in [4.69, 9.17) is 10.5 Å². The van der Waals surface area contributed by atoms with Crippen LogP contribution in [-0.4, -0.2) is 41.9 Å². The van der Waals surface area contributed by atoms with Gasteiger partial charge in [-0.05, 0) is 48.5 Å². The van der Waals surface area contributed by atoms with E-state index in [-0.39, 0.29) is 11.9 Å². The molecule has 10 nitrogen and oxygen atoms in total. The van der Waals surface area contributed by atoms with Gasteiger partial charge in [0, 0.05) is 37.0 Å². The average Bonchev–Trinajstić information content (AvgIpc) is 3.36. The van der Waals surface area contributed by atoms with Gasteiger partial charge in [0.25, 0.3) is 5.91 Å². The first-order chi connectivity index (χ1) is 17.0. The maximum Gasteiger partial charge on any atom is 0.269 e. The van der Waals surface area contributed by atoms with Crippen molar-refractivity contribution in [1.29, 1.82) is 0 Å². The number of ether oxygens (including phenoxy) is 1. The third-order valence-electron chi connectivity index (χ3n) is 5.89. The molecule has 1 aromatic carbocycles. The van der Waals surface area contributed by atoms with Gasteiger partial charge < -0.3 is 26.5 Å². The number of primary amides is 1. The Bertz CT molecular complexity index is 1350. The van der Waals surface area contributed by atoms with E-state index < -0.39 is 5.91 Å². The summed E-state index contributed by atoms with van der Waals surface area (Å²) in [6.45, 7) is 3.01. The van der Waals surface area contributed by atoms with Gasteiger partial charge in [0.1, 0.15) is 6.61 Å². The normalized spacial score (nSPS) is 15.8. The molecule has 5 rings (SSSR count). The van der Waals surface area contributed by atoms with Crippen LogP contribution in [0.2, 0.25) is 0 Å². The first-order valence-corrected chi connectivity index (χ1v) is 11.2. The number of carbonyl (C=O) groups excluding carboxylic acids is 1. The van der Waals surface area contributed by atoms with Gasteiger partial charge in [0.2, 0.25) is 5.88 Å². The number of rotatable bonds is 7. The number of hydrogen-bond acceptors (Lipinski definition) is 9. The Morgan fingerprint density at radius 3 is 2.89 bits per heavy atom. The Morgan fingerprint density at radius 2 is 2.11 bits per heavy atom. The molecule has 0 saturated heterocycles. The smallest absolute Gasteiger partial charge is 0.269 e. The third-order valence-corrected chi connectivity index (χ3v) is 5.89. The number of benzene rings is 1. The molecule has 2 aliphatic rings. The van der Waals surface area contributed by atoms with E-state index in [1.165, 1.54) is 0 Å². The highest BCUT2D eigenvalue weighted by Crippen LogP contribution is 2.40. The van der Waals surface area contributed by atoms with E-state index in [0.717, 1.165) is 27.9 Å². The molecule has 3 aromatic rings. The minimum absolute atomic E-state index is 0.150. The van der Waals surface area contributed by atoms with Gasteiger partial charge in [-0.25, -0.2) is 15.4 Å². The van der Waals surface area contributed by atoms with E-state index in [1.807, 2.05) is 49.5 Å². The molecule has 0 bridgehead atoms. The molecule has 4 heterocycles. The lowest BCUT2D eigenvalue weighted by molar-refractivity contribution is 0.0996. The van der Waals surface area contributed by atoms with Crippen LogP contribution in [0.5, 0.6) is 5.88 Å². The third kappa shape index (κ3) is 4.38. The summed E-state index contributed by atoms with van der Waals surface area (Å²) in [6, 6.07) is 11.5. The van der Waals surface area contributed by atoms with Crippen LogP contribution in [0.3, 0.4) is 0 Å². The number of nitrogens with one attached hydrogen (secondary N) is 4. The van der Waals surface area contributed by atoms with Crippen LogP contribution < -0.4 is 32.0 Å². The predicted octanol–water partition coefficient (Wildman–Crippen LogP) is 2.58. The van der Waals surface area contributed by atoms with Crippen molar-refractivity contribution in [2.45, 2.75) is 19.6 Å². The number of anilines is 2. The first kappa shape index (κ1) is 22.4. The monoisotopic (exact) mass is 470 g/mol. The van der Waals surface area contributed by atoms with E-state index in [9.17, 15) is 4.79 Å². The largest absolute Gasteiger partial charge is 0.473 e. The number of nitrogens with two attached hydrogens (primary N) is 1. The zero-order valence-electron chi connectivity index (χ0n) is 19.4. The van der Waals surface area contributed by atoms with Crippen LogP contribution in [0.1, 0.15) is 21.6 Å². The average molecular weight is 471 g/mol. The quantitative estimate of drug-likeness (QED) is 0.355. The van der Waals surface area contributed by atoms with Crippen molar-refractivity contribution in [3.8, 4) is 28.4 Å². The molecular weight excluding hydrogens is 444 g/mol. The Hall–Kier alpha value is -4.44. The number of aromatic nitrogens is 2. The summed E-state index contributed by atoms with van der Waals surface area (Å²) in [7, 11) is 1.76. The Kier molecular flexibility index (Phi) is 6.02. The second-order valence-electron chi connectivity index (χ2n) is 8.17. The fourth-order valence-corrected chi connectivity index (χ4v) is 4.27. The maximum atomic E-state index is 12.4. The van der Waals surface area contributed by atoms with Crippen LogP contribution in [0, 0.1) is 6.92 Å². The Morgan fingerprint density at radius 1 is 1.23 bits per heavy atom. The predicted molar refractivity (Wildman–Crippen MR) is 136 cm³/mol. The van der Waals surface area contributed by atoms with Crippen LogP contribution >= 0.6 is 0 Å². The number of hydrogen-bond donors (Lipinski definition) is 5. The van der Waals surface area contributed by atoms with Gasteiger partial charge in [0.05, 0.1) is 22.8 Å². The summed E-state index contributed by atoms with van der Waals surface area (Å²) >= 11 is 0. The number of hydrazine groups is 1. The lowest BCUT2D eigenvalue weighted by atomic mass is 9.92. The van der Waals surface area contributed by atoms with Crippen molar-refractivity contribution < 1.29 is 9.53 Å². The topological polar surface area (TPSA) is 139 Å². The highest BCUT2D eigenvalue weighted by molar-refractivity contribution is 6.02. The number of allylic oxidation sites excluding steroid dienone is 1. The number of pyridine rings is 2. The molecular formula is C25H26N8O2. The second kappa shape index (κ2) is 9.43. The lowest BCUT2D eigenvalue weighted by Gasteiger charge is -2.19. The van der Waals surface area contributed by atoms with Crippen LogP contribution in [0.4, 0.5) is 11.4 Å². The van der Waals surface area contributed by atoms with E-state index in [0.29, 0.717) is 36.1 Å². The second-order valence-corrected chi connectivity index (χ2v) is 8.17. The van der Waals surface area contributed by atoms with E-state index in [2.05, 4.69) is 36.4 Å². The number of carbonyl (C=O) groups is 1. The zero-order valence-corrected chi connectivity index (χ0v) is 19.4. The van der Waals surface area contributed by atoms with Crippen LogP contribution in [-0.2, 0) is 6.54 Å². The standard InChI is InChI=1S/C25H26N8O2/c1-14-7-8-17-16(12-30-33-17)22(14)15-11-19(32-24(25(26)34)23(15)27-2)18-5-3-6-21(31-18)35-13-20-28-9-4-10-29-20/h3-11,20,27-28,30,33H,12-13H2,1-2H3,(H2,26,34). The van der Waals surface area contributed by atoms with E-state index in [1.54, 1.807) is 19.3 Å². The van der Waals surface area contributed by atoms with Crippen molar-refractivity contribution in [2.75, 3.05) is 24.4 Å². The van der Waals surface area contributed by atoms with Gasteiger partial charge in [0.15, 0.2) is 11.9 Å². The number of aliphatic imine (C=N–C) groups is 1. The molecule has 1 unspecified atom stereocenters. The fraction of sp³-hybridized carbons (Fsp3) is 0.200. The summed E-state index contributed by atoms with van der Waals surface area (Å²) < 4.78 is 5.86. The van der Waals surface area contributed by atoms with Crippen LogP contribution in [0.15, 0.2) is 53.7 Å². The van der Waals surface area contributed by atoms with Crippen molar-refractivity contribution in [3.63, 3.8) is 0 Å². The van der Waals surface area contributed by atoms with Crippen molar-refractivity contribution in [3.05, 3.63) is 65.5 Å². The number of aryl methyl sites for hydroxylation is 1. The minimum atomic E-state index is -0.624. The molecule has 0 fully saturated rings. The van der Waals surface area contributed by atoms with Crippen molar-refractivity contribution >= 4 is 23.5 Å². The number of amides is 1. The minimum Gasteiger partial charge on any atom is -0.473 e. The molecule has 2 aliphatic heterocycles. The van der Waals surface area contributed by atoms with Gasteiger partial charge in [-0.3, -0.25) is 9.79 Å². The Labute approximate surface area is 202 Å². The summed E-state index contributed by atoms with van der Waals surface area (Å²) in [5, 5.41) is 6.24. The lowest BCUT2D eigenvalue weighted by Crippen LogP contribution is -2.30. The molecule has 2 aromatic heterocycles. The molecule has 10 heteroatoms. The fourth-order valence-electron chi connectivity index (χ4n) is 4.27.